The number of rotatable bonds is 6. The van der Waals surface area contributed by atoms with E-state index in [1.165, 1.54) is 0 Å². The molecule has 0 aromatic heterocycles. The average Bonchev–Trinajstić information content (AvgIpc) is 3.18. The van der Waals surface area contributed by atoms with Crippen LogP contribution in [0.5, 0.6) is 0 Å². The van der Waals surface area contributed by atoms with E-state index in [0.717, 1.165) is 12.0 Å². The first-order chi connectivity index (χ1) is 12.8. The molecule has 2 fully saturated rings. The molecular weight excluding hydrogens is 340 g/mol. The van der Waals surface area contributed by atoms with Crippen LogP contribution in [0.4, 0.5) is 0 Å². The van der Waals surface area contributed by atoms with E-state index in [9.17, 15) is 9.59 Å². The van der Waals surface area contributed by atoms with Crippen LogP contribution in [0.25, 0.3) is 0 Å². The first kappa shape index (κ1) is 18.2. The molecule has 5 nitrogen and oxygen atoms in total. The van der Waals surface area contributed by atoms with Gasteiger partial charge < -0.3 is 15.0 Å². The van der Waals surface area contributed by atoms with Gasteiger partial charge in [0.2, 0.25) is 11.8 Å². The molecular formula is C22H28N2O3. The van der Waals surface area contributed by atoms with Gasteiger partial charge in [0.15, 0.2) is 0 Å². The van der Waals surface area contributed by atoms with Crippen LogP contribution in [0.15, 0.2) is 42.5 Å². The summed E-state index contributed by atoms with van der Waals surface area (Å²) in [4.78, 5) is 28.1. The lowest BCUT2D eigenvalue weighted by Gasteiger charge is -2.29. The molecule has 2 bridgehead atoms. The Bertz CT molecular complexity index is 775. The van der Waals surface area contributed by atoms with Gasteiger partial charge in [0.05, 0.1) is 24.0 Å². The van der Waals surface area contributed by atoms with Crippen molar-refractivity contribution < 1.29 is 14.3 Å². The first-order valence-electron chi connectivity index (χ1n) is 9.86. The summed E-state index contributed by atoms with van der Waals surface area (Å²) in [5.74, 6) is -0.420. The van der Waals surface area contributed by atoms with Gasteiger partial charge in [-0.2, -0.15) is 0 Å². The minimum Gasteiger partial charge on any atom is -0.357 e. The number of ether oxygens (including phenoxy) is 1. The molecule has 144 valence electrons. The standard InChI is InChI=1S/C22H28N2O3/c1-15(2)9-12-23-19(25)17-18-20(26)24(13-16-7-5-4-6-8-16)14-22(18)11-10-21(17,3)27-22/h4-8,10-11,15,17-18H,9,12-14H2,1-3H3,(H,23,25)/t17-,18+,21+,22-/m0/s1. The molecule has 3 aliphatic heterocycles. The van der Waals surface area contributed by atoms with Crippen molar-refractivity contribution in [1.82, 2.24) is 10.2 Å². The number of hydrogen-bond donors (Lipinski definition) is 1. The van der Waals surface area contributed by atoms with E-state index < -0.39 is 23.0 Å². The molecule has 1 aromatic carbocycles. The van der Waals surface area contributed by atoms with E-state index in [1.807, 2.05) is 54.3 Å². The van der Waals surface area contributed by atoms with Crippen molar-refractivity contribution in [1.29, 1.82) is 0 Å². The third-order valence-corrected chi connectivity index (χ3v) is 6.12. The van der Waals surface area contributed by atoms with Crippen LogP contribution in [0.2, 0.25) is 0 Å². The van der Waals surface area contributed by atoms with Gasteiger partial charge in [0.1, 0.15) is 5.60 Å². The SMILES string of the molecule is CC(C)CCNC(=O)[C@@H]1[C@@H]2C(=O)N(Cc3ccccc3)C[C@@]23C=C[C@@]1(C)O3. The van der Waals surface area contributed by atoms with Crippen molar-refractivity contribution in [3.8, 4) is 0 Å². The van der Waals surface area contributed by atoms with E-state index in [4.69, 9.17) is 4.74 Å². The molecule has 3 heterocycles. The quantitative estimate of drug-likeness (QED) is 0.785. The highest BCUT2D eigenvalue weighted by molar-refractivity contribution is 5.93. The number of amides is 2. The van der Waals surface area contributed by atoms with Gasteiger partial charge >= 0.3 is 0 Å². The Kier molecular flexibility index (Phi) is 4.38. The summed E-state index contributed by atoms with van der Waals surface area (Å²) >= 11 is 0. The number of likely N-dealkylation sites (tertiary alicyclic amines) is 1. The van der Waals surface area contributed by atoms with E-state index in [0.29, 0.717) is 25.6 Å². The lowest BCUT2D eigenvalue weighted by atomic mass is 9.72. The zero-order valence-corrected chi connectivity index (χ0v) is 16.3. The van der Waals surface area contributed by atoms with Crippen molar-refractivity contribution in [2.75, 3.05) is 13.1 Å². The van der Waals surface area contributed by atoms with Crippen LogP contribution in [0, 0.1) is 17.8 Å². The number of hydrogen-bond acceptors (Lipinski definition) is 3. The molecule has 0 saturated carbocycles. The second-order valence-electron chi connectivity index (χ2n) is 8.68. The number of carbonyl (C=O) groups is 2. The monoisotopic (exact) mass is 368 g/mol. The van der Waals surface area contributed by atoms with E-state index >= 15 is 0 Å². The second kappa shape index (κ2) is 6.48. The lowest BCUT2D eigenvalue weighted by molar-refractivity contribution is -0.139. The molecule has 2 amide bonds. The fourth-order valence-corrected chi connectivity index (χ4v) is 4.78. The Morgan fingerprint density at radius 1 is 1.30 bits per heavy atom. The minimum atomic E-state index is -0.693. The third kappa shape index (κ3) is 2.98. The minimum absolute atomic E-state index is 0.0240. The molecule has 5 heteroatoms. The summed E-state index contributed by atoms with van der Waals surface area (Å²) in [5.41, 5.74) is -0.272. The van der Waals surface area contributed by atoms with Gasteiger partial charge in [-0.3, -0.25) is 9.59 Å². The van der Waals surface area contributed by atoms with Crippen LogP contribution in [0.3, 0.4) is 0 Å². The van der Waals surface area contributed by atoms with Crippen LogP contribution in [-0.2, 0) is 20.9 Å². The molecule has 3 aliphatic rings. The molecule has 0 aliphatic carbocycles. The molecule has 27 heavy (non-hydrogen) atoms. The molecule has 1 aromatic rings. The topological polar surface area (TPSA) is 58.6 Å². The van der Waals surface area contributed by atoms with Crippen molar-refractivity contribution in [2.24, 2.45) is 17.8 Å². The zero-order valence-electron chi connectivity index (χ0n) is 16.3. The van der Waals surface area contributed by atoms with Crippen LogP contribution < -0.4 is 5.32 Å². The predicted molar refractivity (Wildman–Crippen MR) is 103 cm³/mol. The van der Waals surface area contributed by atoms with Crippen molar-refractivity contribution >= 4 is 11.8 Å². The number of nitrogens with one attached hydrogen (secondary N) is 1. The predicted octanol–water partition coefficient (Wildman–Crippen LogP) is 2.52. The smallest absolute Gasteiger partial charge is 0.230 e. The fourth-order valence-electron chi connectivity index (χ4n) is 4.78. The van der Waals surface area contributed by atoms with Gasteiger partial charge in [-0.05, 0) is 24.8 Å². The van der Waals surface area contributed by atoms with Gasteiger partial charge in [0, 0.05) is 13.1 Å². The molecule has 4 rings (SSSR count). The van der Waals surface area contributed by atoms with E-state index in [1.54, 1.807) is 0 Å². The fraction of sp³-hybridized carbons (Fsp3) is 0.545. The summed E-state index contributed by atoms with van der Waals surface area (Å²) in [6.45, 7) is 7.88. The maximum absolute atomic E-state index is 13.2. The van der Waals surface area contributed by atoms with E-state index in [-0.39, 0.29) is 11.8 Å². The Hall–Kier alpha value is -2.14. The Balaban J connectivity index is 1.54. The van der Waals surface area contributed by atoms with Gasteiger partial charge in [-0.15, -0.1) is 0 Å². The average molecular weight is 368 g/mol. The number of carbonyl (C=O) groups excluding carboxylic acids is 2. The first-order valence-corrected chi connectivity index (χ1v) is 9.86. The highest BCUT2D eigenvalue weighted by Crippen LogP contribution is 2.57. The van der Waals surface area contributed by atoms with Crippen molar-refractivity contribution in [3.63, 3.8) is 0 Å². The molecule has 1 N–H and O–H groups in total. The summed E-state index contributed by atoms with van der Waals surface area (Å²) < 4.78 is 6.34. The number of benzene rings is 1. The Labute approximate surface area is 160 Å². The third-order valence-electron chi connectivity index (χ3n) is 6.12. The van der Waals surface area contributed by atoms with E-state index in [2.05, 4.69) is 19.2 Å². The van der Waals surface area contributed by atoms with Gasteiger partial charge in [-0.1, -0.05) is 56.3 Å². The summed E-state index contributed by atoms with van der Waals surface area (Å²) in [5, 5.41) is 3.04. The Morgan fingerprint density at radius 3 is 2.74 bits per heavy atom. The second-order valence-corrected chi connectivity index (χ2v) is 8.68. The molecule has 0 unspecified atom stereocenters. The summed E-state index contributed by atoms with van der Waals surface area (Å²) in [6, 6.07) is 9.95. The zero-order chi connectivity index (χ0) is 19.2. The normalized spacial score (nSPS) is 33.8. The van der Waals surface area contributed by atoms with Crippen LogP contribution in [-0.4, -0.2) is 41.0 Å². The molecule has 2 saturated heterocycles. The van der Waals surface area contributed by atoms with Crippen molar-refractivity contribution in [2.45, 2.75) is 44.9 Å². The molecule has 1 spiro atoms. The number of nitrogens with zero attached hydrogens (tertiary/aromatic N) is 1. The number of fused-ring (bicyclic) bond motifs is 1. The Morgan fingerprint density at radius 2 is 2.04 bits per heavy atom. The van der Waals surface area contributed by atoms with Gasteiger partial charge in [0.25, 0.3) is 0 Å². The summed E-state index contributed by atoms with van der Waals surface area (Å²) in [6.07, 6.45) is 4.92. The molecule has 0 radical (unpaired) electrons. The largest absolute Gasteiger partial charge is 0.357 e. The van der Waals surface area contributed by atoms with Crippen LogP contribution in [0.1, 0.15) is 32.8 Å². The highest BCUT2D eigenvalue weighted by atomic mass is 16.5. The van der Waals surface area contributed by atoms with Crippen LogP contribution >= 0.6 is 0 Å². The summed E-state index contributed by atoms with van der Waals surface area (Å²) in [7, 11) is 0. The van der Waals surface area contributed by atoms with Crippen molar-refractivity contribution in [3.05, 3.63) is 48.0 Å². The highest BCUT2D eigenvalue weighted by Gasteiger charge is 2.70. The maximum atomic E-state index is 13.2. The van der Waals surface area contributed by atoms with Gasteiger partial charge in [-0.25, -0.2) is 0 Å². The molecule has 4 atom stereocenters. The maximum Gasteiger partial charge on any atom is 0.230 e. The lowest BCUT2D eigenvalue weighted by Crippen LogP contribution is -2.48.